The molecule has 1 amide bonds. The smallest absolute Gasteiger partial charge is 0.240 e. The molecule has 2 aromatic carbocycles. The van der Waals surface area contributed by atoms with Crippen molar-refractivity contribution < 1.29 is 18.3 Å². The van der Waals surface area contributed by atoms with Gasteiger partial charge in [-0.3, -0.25) is 4.79 Å². The zero-order chi connectivity index (χ0) is 18.7. The molecule has 0 atom stereocenters. The highest BCUT2D eigenvalue weighted by Gasteiger charge is 2.16. The van der Waals surface area contributed by atoms with Gasteiger partial charge in [-0.05, 0) is 49.2 Å². The summed E-state index contributed by atoms with van der Waals surface area (Å²) in [5.41, 5.74) is 1.14. The molecule has 0 unspecified atom stereocenters. The number of nitrogens with one attached hydrogen (secondary N) is 2. The van der Waals surface area contributed by atoms with Crippen molar-refractivity contribution in [2.75, 3.05) is 5.32 Å². The van der Waals surface area contributed by atoms with E-state index in [9.17, 15) is 18.3 Å². The van der Waals surface area contributed by atoms with Crippen LogP contribution in [0.4, 0.5) is 5.69 Å². The van der Waals surface area contributed by atoms with E-state index in [1.165, 1.54) is 31.2 Å². The second kappa shape index (κ2) is 7.35. The second-order valence-corrected chi connectivity index (χ2v) is 8.05. The third-order valence-electron chi connectivity index (χ3n) is 3.61. The van der Waals surface area contributed by atoms with Gasteiger partial charge in [-0.15, -0.1) is 0 Å². The first-order valence-electron chi connectivity index (χ1n) is 7.77. The molecule has 134 valence electrons. The van der Waals surface area contributed by atoms with E-state index < -0.39 is 15.6 Å². The second-order valence-electron chi connectivity index (χ2n) is 6.29. The summed E-state index contributed by atoms with van der Waals surface area (Å²) < 4.78 is 27.2. The normalized spacial score (nSPS) is 12.0. The van der Waals surface area contributed by atoms with E-state index in [0.717, 1.165) is 11.1 Å². The Morgan fingerprint density at radius 1 is 1.04 bits per heavy atom. The topological polar surface area (TPSA) is 95.5 Å². The summed E-state index contributed by atoms with van der Waals surface area (Å²) in [7, 11) is -3.65. The molecule has 0 spiro atoms. The average molecular weight is 362 g/mol. The fourth-order valence-electron chi connectivity index (χ4n) is 2.21. The maximum atomic E-state index is 12.3. The summed E-state index contributed by atoms with van der Waals surface area (Å²) in [6, 6.07) is 13.0. The Morgan fingerprint density at radius 3 is 2.08 bits per heavy atom. The van der Waals surface area contributed by atoms with Crippen LogP contribution >= 0.6 is 0 Å². The predicted octanol–water partition coefficient (Wildman–Crippen LogP) is 2.35. The Kier molecular flexibility index (Phi) is 5.62. The fraction of sp³-hybridized carbons (Fsp3) is 0.278. The van der Waals surface area contributed by atoms with Crippen molar-refractivity contribution in [3.63, 3.8) is 0 Å². The van der Waals surface area contributed by atoms with Crippen LogP contribution in [0, 0.1) is 0 Å². The third-order valence-corrected chi connectivity index (χ3v) is 5.03. The lowest BCUT2D eigenvalue weighted by atomic mass is 9.97. The van der Waals surface area contributed by atoms with E-state index in [-0.39, 0.29) is 17.3 Å². The molecule has 7 heteroatoms. The van der Waals surface area contributed by atoms with Crippen LogP contribution in [0.1, 0.15) is 31.9 Å². The summed E-state index contributed by atoms with van der Waals surface area (Å²) in [5.74, 6) is -0.219. The standard InChI is InChI=1S/C18H22N2O4S/c1-13(21)20-16-8-10-17(11-9-16)25(23,24)19-12-14-4-6-15(7-5-14)18(2,3)22/h4-11,19,22H,12H2,1-3H3,(H,20,21). The molecule has 2 aromatic rings. The zero-order valence-corrected chi connectivity index (χ0v) is 15.2. The van der Waals surface area contributed by atoms with Gasteiger partial charge in [0.2, 0.25) is 15.9 Å². The number of anilines is 1. The van der Waals surface area contributed by atoms with E-state index in [4.69, 9.17) is 0 Å². The van der Waals surface area contributed by atoms with Gasteiger partial charge in [0.1, 0.15) is 0 Å². The minimum Gasteiger partial charge on any atom is -0.386 e. The lowest BCUT2D eigenvalue weighted by Gasteiger charge is -2.18. The summed E-state index contributed by atoms with van der Waals surface area (Å²) >= 11 is 0. The third kappa shape index (κ3) is 5.38. The number of hydrogen-bond donors (Lipinski definition) is 3. The first-order valence-corrected chi connectivity index (χ1v) is 9.25. The summed E-state index contributed by atoms with van der Waals surface area (Å²) in [4.78, 5) is 11.1. The number of carbonyl (C=O) groups excluding carboxylic acids is 1. The monoisotopic (exact) mass is 362 g/mol. The molecule has 0 heterocycles. The fourth-order valence-corrected chi connectivity index (χ4v) is 3.23. The van der Waals surface area contributed by atoms with Crippen LogP contribution in [0.5, 0.6) is 0 Å². The molecule has 0 saturated carbocycles. The van der Waals surface area contributed by atoms with Gasteiger partial charge in [-0.2, -0.15) is 0 Å². The molecule has 6 nitrogen and oxygen atoms in total. The number of benzene rings is 2. The van der Waals surface area contributed by atoms with Gasteiger partial charge in [-0.1, -0.05) is 24.3 Å². The molecule has 0 radical (unpaired) electrons. The Hall–Kier alpha value is -2.22. The van der Waals surface area contributed by atoms with Crippen molar-refractivity contribution in [2.24, 2.45) is 0 Å². The Balaban J connectivity index is 2.05. The summed E-state index contributed by atoms with van der Waals surface area (Å²) in [6.45, 7) is 4.90. The summed E-state index contributed by atoms with van der Waals surface area (Å²) in [5, 5.41) is 12.5. The molecule has 2 rings (SSSR count). The SMILES string of the molecule is CC(=O)Nc1ccc(S(=O)(=O)NCc2ccc(C(C)(C)O)cc2)cc1. The maximum Gasteiger partial charge on any atom is 0.240 e. The van der Waals surface area contributed by atoms with Crippen LogP contribution in [-0.4, -0.2) is 19.4 Å². The summed E-state index contributed by atoms with van der Waals surface area (Å²) in [6.07, 6.45) is 0. The van der Waals surface area contributed by atoms with Gasteiger partial charge in [0.15, 0.2) is 0 Å². The van der Waals surface area contributed by atoms with Gasteiger partial charge in [0.25, 0.3) is 0 Å². The van der Waals surface area contributed by atoms with Crippen molar-refractivity contribution in [3.05, 3.63) is 59.7 Å². The highest BCUT2D eigenvalue weighted by Crippen LogP contribution is 2.20. The van der Waals surface area contributed by atoms with Gasteiger partial charge in [0, 0.05) is 19.2 Å². The molecule has 0 aromatic heterocycles. The van der Waals surface area contributed by atoms with Gasteiger partial charge < -0.3 is 10.4 Å². The molecule has 3 N–H and O–H groups in total. The molecule has 0 aliphatic rings. The number of hydrogen-bond acceptors (Lipinski definition) is 4. The lowest BCUT2D eigenvalue weighted by molar-refractivity contribution is -0.114. The van der Waals surface area contributed by atoms with Gasteiger partial charge in [-0.25, -0.2) is 13.1 Å². The van der Waals surface area contributed by atoms with Crippen molar-refractivity contribution in [3.8, 4) is 0 Å². The van der Waals surface area contributed by atoms with E-state index >= 15 is 0 Å². The molecule has 0 aliphatic heterocycles. The average Bonchev–Trinajstić information content (AvgIpc) is 2.52. The van der Waals surface area contributed by atoms with E-state index in [0.29, 0.717) is 5.69 Å². The quantitative estimate of drug-likeness (QED) is 0.735. The Labute approximate surface area is 147 Å². The van der Waals surface area contributed by atoms with E-state index in [1.807, 2.05) is 0 Å². The van der Waals surface area contributed by atoms with Crippen LogP contribution in [0.2, 0.25) is 0 Å². The molecule has 0 aliphatic carbocycles. The molecular weight excluding hydrogens is 340 g/mol. The van der Waals surface area contributed by atoms with E-state index in [1.54, 1.807) is 38.1 Å². The van der Waals surface area contributed by atoms with Crippen LogP contribution < -0.4 is 10.0 Å². The maximum absolute atomic E-state index is 12.3. The number of rotatable bonds is 6. The van der Waals surface area contributed by atoms with Crippen molar-refractivity contribution in [1.29, 1.82) is 0 Å². The van der Waals surface area contributed by atoms with Gasteiger partial charge >= 0.3 is 0 Å². The predicted molar refractivity (Wildman–Crippen MR) is 96.5 cm³/mol. The minimum atomic E-state index is -3.65. The van der Waals surface area contributed by atoms with E-state index in [2.05, 4.69) is 10.0 Å². The largest absolute Gasteiger partial charge is 0.386 e. The minimum absolute atomic E-state index is 0.120. The molecular formula is C18H22N2O4S. The molecule has 0 saturated heterocycles. The molecule has 0 bridgehead atoms. The first kappa shape index (κ1) is 19.1. The molecule has 0 fully saturated rings. The van der Waals surface area contributed by atoms with Crippen LogP contribution in [-0.2, 0) is 27.0 Å². The number of amides is 1. The lowest BCUT2D eigenvalue weighted by Crippen LogP contribution is -2.23. The zero-order valence-electron chi connectivity index (χ0n) is 14.4. The number of sulfonamides is 1. The van der Waals surface area contributed by atoms with Crippen molar-refractivity contribution in [2.45, 2.75) is 37.8 Å². The van der Waals surface area contributed by atoms with Crippen LogP contribution in [0.3, 0.4) is 0 Å². The molecule has 25 heavy (non-hydrogen) atoms. The van der Waals surface area contributed by atoms with Crippen LogP contribution in [0.15, 0.2) is 53.4 Å². The first-order chi connectivity index (χ1) is 11.6. The number of carbonyl (C=O) groups is 1. The highest BCUT2D eigenvalue weighted by molar-refractivity contribution is 7.89. The number of aliphatic hydroxyl groups is 1. The van der Waals surface area contributed by atoms with Crippen molar-refractivity contribution >= 4 is 21.6 Å². The Bertz CT molecular complexity index is 836. The van der Waals surface area contributed by atoms with Crippen molar-refractivity contribution in [1.82, 2.24) is 4.72 Å². The highest BCUT2D eigenvalue weighted by atomic mass is 32.2. The van der Waals surface area contributed by atoms with Gasteiger partial charge in [0.05, 0.1) is 10.5 Å². The Morgan fingerprint density at radius 2 is 1.60 bits per heavy atom. The van der Waals surface area contributed by atoms with Crippen LogP contribution in [0.25, 0.3) is 0 Å².